The van der Waals surface area contributed by atoms with Crippen LogP contribution in [-0.4, -0.2) is 18.0 Å². The van der Waals surface area contributed by atoms with Crippen molar-refractivity contribution < 1.29 is 0 Å². The lowest BCUT2D eigenvalue weighted by Gasteiger charge is -2.45. The molecule has 0 fully saturated rings. The highest BCUT2D eigenvalue weighted by atomic mass is 28.3. The van der Waals surface area contributed by atoms with Crippen LogP contribution in [-0.2, 0) is 0 Å². The Balaban J connectivity index is 1.24. The van der Waals surface area contributed by atoms with Crippen molar-refractivity contribution in [3.8, 4) is 22.5 Å². The number of hydrogen-bond acceptors (Lipinski definition) is 4. The van der Waals surface area contributed by atoms with Gasteiger partial charge in [0.15, 0.2) is 8.07 Å². The second-order valence-electron chi connectivity index (χ2n) is 14.2. The van der Waals surface area contributed by atoms with Gasteiger partial charge in [-0.05, 0) is 75.3 Å². The standard InChI is InChI=1S/C52H38N4Si/c1-6-21-39(22-7-1)45-32-19-37-50(53-45)56(41-25-10-3-11-26-41)51-38-20-33-46(54-51)44-31-18-36-49-52(44)55(40-23-8-2-9-24-40)47-34-16-17-35-48(47)57(49,42-27-12-4-13-28-42)43-29-14-5-15-30-43/h1-38H. The average molecular weight is 747 g/mol. The predicted molar refractivity (Wildman–Crippen MR) is 239 cm³/mol. The second-order valence-corrected chi connectivity index (χ2v) is 17.9. The summed E-state index contributed by atoms with van der Waals surface area (Å²) in [6.45, 7) is 0. The van der Waals surface area contributed by atoms with E-state index in [1.807, 2.05) is 12.1 Å². The summed E-state index contributed by atoms with van der Waals surface area (Å²) in [5.41, 5.74) is 8.34. The lowest BCUT2D eigenvalue weighted by Crippen LogP contribution is -2.77. The molecule has 0 N–H and O–H groups in total. The monoisotopic (exact) mass is 746 g/mol. The Kier molecular flexibility index (Phi) is 8.82. The van der Waals surface area contributed by atoms with E-state index in [-0.39, 0.29) is 0 Å². The first-order chi connectivity index (χ1) is 28.3. The molecule has 10 rings (SSSR count). The minimum absolute atomic E-state index is 0.783. The summed E-state index contributed by atoms with van der Waals surface area (Å²) in [6.07, 6.45) is 0. The van der Waals surface area contributed by atoms with Gasteiger partial charge in [-0.1, -0.05) is 176 Å². The topological polar surface area (TPSA) is 32.3 Å². The summed E-state index contributed by atoms with van der Waals surface area (Å²) in [5.74, 6) is 1.58. The van der Waals surface area contributed by atoms with E-state index in [9.17, 15) is 0 Å². The zero-order valence-corrected chi connectivity index (χ0v) is 32.2. The minimum atomic E-state index is -2.88. The number of anilines is 6. The fourth-order valence-electron chi connectivity index (χ4n) is 8.53. The summed E-state index contributed by atoms with van der Waals surface area (Å²) in [6, 6.07) is 82.2. The minimum Gasteiger partial charge on any atom is -0.310 e. The molecule has 1 aliphatic heterocycles. The maximum Gasteiger partial charge on any atom is 0.184 e. The smallest absolute Gasteiger partial charge is 0.184 e. The molecule has 0 amide bonds. The normalized spacial score (nSPS) is 12.7. The average Bonchev–Trinajstić information content (AvgIpc) is 3.30. The summed E-state index contributed by atoms with van der Waals surface area (Å²) in [4.78, 5) is 15.4. The van der Waals surface area contributed by atoms with E-state index in [4.69, 9.17) is 9.97 Å². The number of para-hydroxylation sites is 4. The third-order valence-corrected chi connectivity index (χ3v) is 15.8. The number of pyridine rings is 2. The molecule has 0 saturated heterocycles. The lowest BCUT2D eigenvalue weighted by molar-refractivity contribution is 1.13. The van der Waals surface area contributed by atoms with Crippen molar-refractivity contribution in [1.29, 1.82) is 0 Å². The van der Waals surface area contributed by atoms with Crippen molar-refractivity contribution in [2.45, 2.75) is 0 Å². The van der Waals surface area contributed by atoms with Gasteiger partial charge in [-0.2, -0.15) is 0 Å². The summed E-state index contributed by atoms with van der Waals surface area (Å²) >= 11 is 0. The van der Waals surface area contributed by atoms with Gasteiger partial charge in [0.05, 0.1) is 17.1 Å². The van der Waals surface area contributed by atoms with Crippen LogP contribution in [0.3, 0.4) is 0 Å². The largest absolute Gasteiger partial charge is 0.310 e. The SMILES string of the molecule is c1ccc(-c2cccc(N(c3ccccc3)c3cccc(-c4cccc5c4N(c4ccccc4)c4ccccc4[Si]5(c4ccccc4)c4ccccc4)n3)n2)cc1. The first-order valence-corrected chi connectivity index (χ1v) is 21.3. The molecule has 0 aliphatic carbocycles. The van der Waals surface area contributed by atoms with Gasteiger partial charge in [0.25, 0.3) is 0 Å². The van der Waals surface area contributed by atoms with Crippen molar-refractivity contribution in [3.05, 3.63) is 231 Å². The van der Waals surface area contributed by atoms with E-state index in [0.717, 1.165) is 51.2 Å². The molecule has 7 aromatic carbocycles. The Hall–Kier alpha value is -7.34. The third kappa shape index (κ3) is 5.93. The zero-order chi connectivity index (χ0) is 38.0. The molecule has 1 aliphatic rings. The maximum atomic E-state index is 5.56. The van der Waals surface area contributed by atoms with Crippen LogP contribution in [0, 0.1) is 0 Å². The van der Waals surface area contributed by atoms with Gasteiger partial charge in [-0.25, -0.2) is 9.97 Å². The van der Waals surface area contributed by atoms with Gasteiger partial charge in [0, 0.05) is 28.2 Å². The fourth-order valence-corrected chi connectivity index (χ4v) is 13.7. The lowest BCUT2D eigenvalue weighted by atomic mass is 10.0. The van der Waals surface area contributed by atoms with E-state index < -0.39 is 8.07 Å². The molecule has 9 aromatic rings. The molecule has 0 atom stereocenters. The van der Waals surface area contributed by atoms with Crippen LogP contribution < -0.4 is 30.5 Å². The number of fused-ring (bicyclic) bond motifs is 2. The molecule has 2 aromatic heterocycles. The van der Waals surface area contributed by atoms with E-state index >= 15 is 0 Å². The van der Waals surface area contributed by atoms with Crippen LogP contribution in [0.4, 0.5) is 34.4 Å². The molecule has 3 heterocycles. The maximum absolute atomic E-state index is 5.56. The van der Waals surface area contributed by atoms with Gasteiger partial charge in [-0.15, -0.1) is 0 Å². The summed E-state index contributed by atoms with van der Waals surface area (Å²) in [7, 11) is -2.88. The van der Waals surface area contributed by atoms with E-state index in [0.29, 0.717) is 0 Å². The van der Waals surface area contributed by atoms with Crippen LogP contribution in [0.2, 0.25) is 0 Å². The third-order valence-electron chi connectivity index (χ3n) is 10.9. The Morgan fingerprint density at radius 1 is 0.386 bits per heavy atom. The molecular formula is C52H38N4Si. The molecule has 57 heavy (non-hydrogen) atoms. The molecule has 0 spiro atoms. The molecule has 0 radical (unpaired) electrons. The van der Waals surface area contributed by atoms with Gasteiger partial charge in [0.2, 0.25) is 0 Å². The highest BCUT2D eigenvalue weighted by molar-refractivity contribution is 7.21. The van der Waals surface area contributed by atoms with E-state index in [2.05, 4.69) is 228 Å². The van der Waals surface area contributed by atoms with Crippen molar-refractivity contribution >= 4 is 63.2 Å². The van der Waals surface area contributed by atoms with Gasteiger partial charge < -0.3 is 4.90 Å². The van der Waals surface area contributed by atoms with Crippen molar-refractivity contribution in [2.24, 2.45) is 0 Å². The molecule has 270 valence electrons. The highest BCUT2D eigenvalue weighted by Gasteiger charge is 2.49. The van der Waals surface area contributed by atoms with Crippen LogP contribution in [0.1, 0.15) is 0 Å². The van der Waals surface area contributed by atoms with Gasteiger partial charge >= 0.3 is 0 Å². The Morgan fingerprint density at radius 3 is 1.53 bits per heavy atom. The summed E-state index contributed by atoms with van der Waals surface area (Å²) < 4.78 is 0. The molecule has 0 saturated carbocycles. The van der Waals surface area contributed by atoms with Crippen molar-refractivity contribution in [3.63, 3.8) is 0 Å². The number of nitrogens with zero attached hydrogens (tertiary/aromatic N) is 4. The first-order valence-electron chi connectivity index (χ1n) is 19.3. The predicted octanol–water partition coefficient (Wildman–Crippen LogP) is 10.4. The number of aromatic nitrogens is 2. The van der Waals surface area contributed by atoms with Crippen LogP contribution in [0.15, 0.2) is 231 Å². The fraction of sp³-hybridized carbons (Fsp3) is 0. The van der Waals surface area contributed by atoms with Crippen LogP contribution >= 0.6 is 0 Å². The molecule has 0 bridgehead atoms. The van der Waals surface area contributed by atoms with Crippen LogP contribution in [0.5, 0.6) is 0 Å². The highest BCUT2D eigenvalue weighted by Crippen LogP contribution is 2.44. The van der Waals surface area contributed by atoms with Gasteiger partial charge in [-0.3, -0.25) is 4.90 Å². The molecule has 0 unspecified atom stereocenters. The molecule has 5 heteroatoms. The summed E-state index contributed by atoms with van der Waals surface area (Å²) in [5, 5.41) is 5.37. The Labute approximate surface area is 334 Å². The second kappa shape index (κ2) is 14.7. The zero-order valence-electron chi connectivity index (χ0n) is 31.2. The van der Waals surface area contributed by atoms with Crippen molar-refractivity contribution in [1.82, 2.24) is 9.97 Å². The van der Waals surface area contributed by atoms with E-state index in [1.165, 1.54) is 26.4 Å². The number of rotatable bonds is 8. The van der Waals surface area contributed by atoms with Gasteiger partial charge in [0.1, 0.15) is 11.6 Å². The number of benzene rings is 7. The quantitative estimate of drug-likeness (QED) is 0.145. The Bertz CT molecular complexity index is 2760. The number of hydrogen-bond donors (Lipinski definition) is 0. The first kappa shape index (κ1) is 34.2. The van der Waals surface area contributed by atoms with Crippen molar-refractivity contribution in [2.75, 3.05) is 9.80 Å². The van der Waals surface area contributed by atoms with Crippen LogP contribution in [0.25, 0.3) is 22.5 Å². The molecule has 4 nitrogen and oxygen atoms in total. The molecular weight excluding hydrogens is 709 g/mol. The Morgan fingerprint density at radius 2 is 0.877 bits per heavy atom. The van der Waals surface area contributed by atoms with E-state index in [1.54, 1.807) is 0 Å².